The van der Waals surface area contributed by atoms with Gasteiger partial charge in [-0.15, -0.1) is 0 Å². The maximum Gasteiger partial charge on any atom is 0.246 e. The molecule has 8 nitrogen and oxygen atoms in total. The number of carbonyl (C=O) groups excluding carboxylic acids is 3. The maximum absolute atomic E-state index is 14.1. The fourth-order valence-electron chi connectivity index (χ4n) is 7.53. The highest BCUT2D eigenvalue weighted by molar-refractivity contribution is 6.00. The predicted molar refractivity (Wildman–Crippen MR) is 142 cm³/mol. The number of likely N-dealkylation sites (N-methyl/N-ethyl adjacent to an activating group) is 1. The summed E-state index contributed by atoms with van der Waals surface area (Å²) in [6, 6.07) is -0.438. The van der Waals surface area contributed by atoms with E-state index in [4.69, 9.17) is 4.74 Å². The Hall–Kier alpha value is -1.93. The monoisotopic (exact) mass is 514 g/mol. The molecule has 2 aliphatic carbocycles. The van der Waals surface area contributed by atoms with Gasteiger partial charge in [-0.1, -0.05) is 52.2 Å². The summed E-state index contributed by atoms with van der Waals surface area (Å²) in [6.45, 7) is 9.40. The number of hydrogen-bond donors (Lipinski definition) is 2. The number of rotatable bonds is 9. The first kappa shape index (κ1) is 26.7. The molecular formula is C29H46N4O4. The van der Waals surface area contributed by atoms with Gasteiger partial charge in [-0.05, 0) is 57.5 Å². The van der Waals surface area contributed by atoms with Gasteiger partial charge < -0.3 is 25.2 Å². The molecule has 2 saturated heterocycles. The van der Waals surface area contributed by atoms with E-state index < -0.39 is 29.6 Å². The number of nitrogens with one attached hydrogen (secondary N) is 2. The molecule has 0 aromatic heterocycles. The summed E-state index contributed by atoms with van der Waals surface area (Å²) < 4.78 is 6.50. The Bertz CT molecular complexity index is 890. The lowest BCUT2D eigenvalue weighted by molar-refractivity contribution is -0.142. The zero-order chi connectivity index (χ0) is 26.2. The topological polar surface area (TPSA) is 91.0 Å². The first-order valence-electron chi connectivity index (χ1n) is 14.9. The van der Waals surface area contributed by atoms with Crippen LogP contribution < -0.4 is 10.6 Å². The Balaban J connectivity index is 1.38. The van der Waals surface area contributed by atoms with Gasteiger partial charge in [0.25, 0.3) is 0 Å². The van der Waals surface area contributed by atoms with Gasteiger partial charge in [0.1, 0.15) is 11.6 Å². The highest BCUT2D eigenvalue weighted by Gasteiger charge is 2.72. The van der Waals surface area contributed by atoms with E-state index in [1.165, 1.54) is 6.42 Å². The Morgan fingerprint density at radius 2 is 1.65 bits per heavy atom. The molecule has 3 aliphatic heterocycles. The molecule has 0 radical (unpaired) electrons. The lowest BCUT2D eigenvalue weighted by Gasteiger charge is -2.34. The van der Waals surface area contributed by atoms with E-state index in [-0.39, 0.29) is 29.8 Å². The van der Waals surface area contributed by atoms with Gasteiger partial charge >= 0.3 is 0 Å². The molecule has 5 atom stereocenters. The van der Waals surface area contributed by atoms with Crippen LogP contribution in [-0.4, -0.2) is 83.5 Å². The van der Waals surface area contributed by atoms with Crippen LogP contribution in [0.25, 0.3) is 0 Å². The molecule has 5 aliphatic rings. The van der Waals surface area contributed by atoms with Crippen molar-refractivity contribution in [3.8, 4) is 0 Å². The molecule has 206 valence electrons. The molecule has 37 heavy (non-hydrogen) atoms. The van der Waals surface area contributed by atoms with Crippen molar-refractivity contribution in [2.24, 2.45) is 17.8 Å². The standard InChI is InChI=1S/C29H46N4O4/c1-4-32(5-2)17-18-33-25(27(35)31-20-9-7-6-8-10-20)29-16-15-22(37-29)23(24(29)28(33)36)26(34)30-21-13-11-19(3)12-14-21/h15-16,19-25H,4-14,17-18H2,1-3H3,(H,30,34)(H,31,35). The van der Waals surface area contributed by atoms with Gasteiger partial charge in [0.2, 0.25) is 17.7 Å². The van der Waals surface area contributed by atoms with E-state index in [0.29, 0.717) is 19.0 Å². The molecule has 2 bridgehead atoms. The number of nitrogens with zero attached hydrogens (tertiary/aromatic N) is 2. The largest absolute Gasteiger partial charge is 0.359 e. The van der Waals surface area contributed by atoms with Crippen LogP contribution in [0.1, 0.15) is 78.6 Å². The third-order valence-corrected chi connectivity index (χ3v) is 9.79. The molecule has 4 fully saturated rings. The number of fused-ring (bicyclic) bond motifs is 1. The van der Waals surface area contributed by atoms with Crippen LogP contribution in [0.4, 0.5) is 0 Å². The summed E-state index contributed by atoms with van der Waals surface area (Å²) >= 11 is 0. The maximum atomic E-state index is 14.1. The van der Waals surface area contributed by atoms with Crippen LogP contribution in [0.3, 0.4) is 0 Å². The zero-order valence-corrected chi connectivity index (χ0v) is 22.9. The Morgan fingerprint density at radius 3 is 2.32 bits per heavy atom. The minimum absolute atomic E-state index is 0.0915. The third kappa shape index (κ3) is 4.96. The molecule has 5 rings (SSSR count). The Morgan fingerprint density at radius 1 is 1.00 bits per heavy atom. The van der Waals surface area contributed by atoms with E-state index in [1.54, 1.807) is 4.90 Å². The Labute approximate surface area is 221 Å². The van der Waals surface area contributed by atoms with Crippen molar-refractivity contribution in [2.45, 2.75) is 108 Å². The second kappa shape index (κ2) is 11.0. The van der Waals surface area contributed by atoms with Crippen molar-refractivity contribution in [1.82, 2.24) is 20.4 Å². The van der Waals surface area contributed by atoms with Crippen molar-refractivity contribution in [3.63, 3.8) is 0 Å². The lowest BCUT2D eigenvalue weighted by Crippen LogP contribution is -2.57. The van der Waals surface area contributed by atoms with E-state index in [2.05, 4.69) is 36.3 Å². The summed E-state index contributed by atoms with van der Waals surface area (Å²) in [7, 11) is 0. The fourth-order valence-corrected chi connectivity index (χ4v) is 7.53. The molecule has 0 aromatic rings. The normalized spacial score (nSPS) is 37.3. The first-order valence-corrected chi connectivity index (χ1v) is 14.9. The van der Waals surface area contributed by atoms with Crippen LogP contribution in [0.15, 0.2) is 12.2 Å². The number of likely N-dealkylation sites (tertiary alicyclic amines) is 1. The highest BCUT2D eigenvalue weighted by Crippen LogP contribution is 2.55. The van der Waals surface area contributed by atoms with Crippen molar-refractivity contribution >= 4 is 17.7 Å². The first-order chi connectivity index (χ1) is 17.9. The highest BCUT2D eigenvalue weighted by atomic mass is 16.5. The van der Waals surface area contributed by atoms with E-state index in [0.717, 1.165) is 64.5 Å². The summed E-state index contributed by atoms with van der Waals surface area (Å²) in [5.41, 5.74) is -1.06. The predicted octanol–water partition coefficient (Wildman–Crippen LogP) is 2.62. The zero-order valence-electron chi connectivity index (χ0n) is 22.9. The van der Waals surface area contributed by atoms with Crippen molar-refractivity contribution in [3.05, 3.63) is 12.2 Å². The molecule has 2 saturated carbocycles. The van der Waals surface area contributed by atoms with Gasteiger partial charge in [0, 0.05) is 25.2 Å². The molecule has 2 N–H and O–H groups in total. The van der Waals surface area contributed by atoms with Crippen LogP contribution in [0.5, 0.6) is 0 Å². The van der Waals surface area contributed by atoms with Crippen molar-refractivity contribution in [2.75, 3.05) is 26.2 Å². The second-order valence-corrected chi connectivity index (χ2v) is 12.1. The molecular weight excluding hydrogens is 468 g/mol. The number of ether oxygens (including phenoxy) is 1. The van der Waals surface area contributed by atoms with Crippen LogP contribution in [0, 0.1) is 17.8 Å². The van der Waals surface area contributed by atoms with Crippen LogP contribution >= 0.6 is 0 Å². The second-order valence-electron chi connectivity index (χ2n) is 12.1. The van der Waals surface area contributed by atoms with E-state index in [9.17, 15) is 14.4 Å². The van der Waals surface area contributed by atoms with E-state index in [1.807, 2.05) is 12.2 Å². The van der Waals surface area contributed by atoms with Crippen molar-refractivity contribution < 1.29 is 19.1 Å². The number of carbonyl (C=O) groups is 3. The minimum Gasteiger partial charge on any atom is -0.359 e. The third-order valence-electron chi connectivity index (χ3n) is 9.79. The smallest absolute Gasteiger partial charge is 0.246 e. The van der Waals surface area contributed by atoms with Crippen LogP contribution in [-0.2, 0) is 19.1 Å². The molecule has 3 amide bonds. The van der Waals surface area contributed by atoms with Crippen LogP contribution in [0.2, 0.25) is 0 Å². The summed E-state index contributed by atoms with van der Waals surface area (Å²) in [5, 5.41) is 6.53. The number of amides is 3. The van der Waals surface area contributed by atoms with Gasteiger partial charge in [0.05, 0.1) is 17.9 Å². The molecule has 0 aromatic carbocycles. The summed E-state index contributed by atoms with van der Waals surface area (Å²) in [5.74, 6) is -0.866. The molecule has 8 heteroatoms. The average Bonchev–Trinajstić information content (AvgIpc) is 3.54. The number of hydrogen-bond acceptors (Lipinski definition) is 5. The average molecular weight is 515 g/mol. The van der Waals surface area contributed by atoms with Gasteiger partial charge in [-0.2, -0.15) is 0 Å². The molecule has 5 unspecified atom stereocenters. The molecule has 1 spiro atoms. The summed E-state index contributed by atoms with van der Waals surface area (Å²) in [6.07, 6.45) is 13.0. The summed E-state index contributed by atoms with van der Waals surface area (Å²) in [4.78, 5) is 45.5. The lowest BCUT2D eigenvalue weighted by atomic mass is 9.74. The SMILES string of the molecule is CCN(CC)CCN1C(=O)C2C(C(=O)NC3CCC(C)CC3)C3C=CC2(O3)C1C(=O)NC1CCCCC1. The van der Waals surface area contributed by atoms with Gasteiger partial charge in [-0.3, -0.25) is 14.4 Å². The Kier molecular flexibility index (Phi) is 7.96. The quantitative estimate of drug-likeness (QED) is 0.462. The van der Waals surface area contributed by atoms with Crippen molar-refractivity contribution in [1.29, 1.82) is 0 Å². The fraction of sp³-hybridized carbons (Fsp3) is 0.828. The minimum atomic E-state index is -1.06. The van der Waals surface area contributed by atoms with Gasteiger partial charge in [-0.25, -0.2) is 0 Å². The van der Waals surface area contributed by atoms with E-state index >= 15 is 0 Å². The van der Waals surface area contributed by atoms with Gasteiger partial charge in [0.15, 0.2) is 0 Å². The molecule has 3 heterocycles.